The molecule has 4 rings (SSSR count). The van der Waals surface area contributed by atoms with Gasteiger partial charge in [0.1, 0.15) is 5.75 Å². The van der Waals surface area contributed by atoms with Crippen molar-refractivity contribution < 1.29 is 9.53 Å². The van der Waals surface area contributed by atoms with Gasteiger partial charge in [-0.05, 0) is 92.0 Å². The van der Waals surface area contributed by atoms with Crippen LogP contribution in [-0.2, 0) is 4.79 Å². The van der Waals surface area contributed by atoms with Crippen molar-refractivity contribution in [3.8, 4) is 5.75 Å². The Morgan fingerprint density at radius 1 is 1.00 bits per heavy atom. The van der Waals surface area contributed by atoms with Gasteiger partial charge >= 0.3 is 0 Å². The lowest BCUT2D eigenvalue weighted by Crippen LogP contribution is -2.32. The molecule has 1 aliphatic heterocycles. The van der Waals surface area contributed by atoms with Crippen molar-refractivity contribution >= 4 is 66.5 Å². The van der Waals surface area contributed by atoms with Gasteiger partial charge < -0.3 is 4.74 Å². The lowest BCUT2D eigenvalue weighted by Gasteiger charge is -2.24. The van der Waals surface area contributed by atoms with Gasteiger partial charge in [0.25, 0.3) is 5.91 Å². The van der Waals surface area contributed by atoms with Gasteiger partial charge in [-0.3, -0.25) is 9.69 Å². The number of halogens is 2. The topological polar surface area (TPSA) is 41.9 Å². The molecule has 3 aromatic rings. The summed E-state index contributed by atoms with van der Waals surface area (Å²) in [6.45, 7) is 2.03. The number of aliphatic imine (C=N–C) groups is 1. The zero-order valence-electron chi connectivity index (χ0n) is 17.5. The van der Waals surface area contributed by atoms with E-state index in [1.807, 2.05) is 85.8 Å². The second-order valence-electron chi connectivity index (χ2n) is 7.12. The predicted octanol–water partition coefficient (Wildman–Crippen LogP) is 7.59. The van der Waals surface area contributed by atoms with Gasteiger partial charge in [-0.1, -0.05) is 48.5 Å². The van der Waals surface area contributed by atoms with E-state index in [4.69, 9.17) is 9.73 Å². The molecule has 0 aliphatic carbocycles. The number of benzene rings is 3. The molecule has 1 aliphatic rings. The molecular weight excluding hydrogens is 552 g/mol. The molecule has 0 saturated carbocycles. The minimum Gasteiger partial charge on any atom is -0.494 e. The minimum atomic E-state index is -0.154. The third kappa shape index (κ3) is 4.85. The zero-order valence-corrected chi connectivity index (χ0v) is 21.4. The molecule has 0 radical (unpaired) electrons. The van der Waals surface area contributed by atoms with Crippen LogP contribution in [0.25, 0.3) is 6.08 Å². The van der Waals surface area contributed by atoms with Crippen LogP contribution in [0.3, 0.4) is 0 Å². The first kappa shape index (κ1) is 22.8. The van der Waals surface area contributed by atoms with E-state index >= 15 is 0 Å². The highest BCUT2D eigenvalue weighted by Crippen LogP contribution is 2.41. The third-order valence-corrected chi connectivity index (χ3v) is 7.17. The minimum absolute atomic E-state index is 0.0657. The van der Waals surface area contributed by atoms with Crippen molar-refractivity contribution in [1.82, 2.24) is 4.90 Å². The smallest absolute Gasteiger partial charge is 0.267 e. The summed E-state index contributed by atoms with van der Waals surface area (Å²) >= 11 is 8.46. The van der Waals surface area contributed by atoms with E-state index in [-0.39, 0.29) is 11.9 Å². The Balaban J connectivity index is 1.75. The molecule has 3 aromatic carbocycles. The molecule has 0 bridgehead atoms. The Hall–Kier alpha value is -2.35. The van der Waals surface area contributed by atoms with Crippen LogP contribution in [0.1, 0.15) is 24.1 Å². The monoisotopic (exact) mass is 570 g/mol. The van der Waals surface area contributed by atoms with Gasteiger partial charge in [0.05, 0.1) is 32.7 Å². The molecule has 32 heavy (non-hydrogen) atoms. The second-order valence-corrected chi connectivity index (χ2v) is 9.84. The summed E-state index contributed by atoms with van der Waals surface area (Å²) in [6.07, 6.45) is 1.89. The number of ether oxygens (including phenoxy) is 1. The standard InChI is InChI=1S/C25H20Br2N2O2S/c1-16(18-9-5-3-6-10-18)29-24(30)22(32-25(29)28-19-11-7-4-8-12-19)15-17-13-20(26)23(31-2)21(27)14-17/h3-16H,1-2H3/b22-15+,28-25?/t16-/m1/s1. The van der Waals surface area contributed by atoms with Crippen LogP contribution in [0.2, 0.25) is 0 Å². The van der Waals surface area contributed by atoms with Gasteiger partial charge in [-0.15, -0.1) is 0 Å². The molecule has 1 amide bonds. The summed E-state index contributed by atoms with van der Waals surface area (Å²) in [5, 5.41) is 0.662. The predicted molar refractivity (Wildman–Crippen MR) is 139 cm³/mol. The Kier molecular flexibility index (Phi) is 7.18. The first-order valence-corrected chi connectivity index (χ1v) is 12.3. The number of hydrogen-bond acceptors (Lipinski definition) is 4. The summed E-state index contributed by atoms with van der Waals surface area (Å²) in [4.78, 5) is 20.7. The molecule has 7 heteroatoms. The maximum absolute atomic E-state index is 13.5. The van der Waals surface area contributed by atoms with Crippen LogP contribution in [0.5, 0.6) is 5.75 Å². The molecular formula is C25H20Br2N2O2S. The van der Waals surface area contributed by atoms with E-state index in [0.717, 1.165) is 25.8 Å². The van der Waals surface area contributed by atoms with Crippen molar-refractivity contribution in [3.05, 3.63) is 97.8 Å². The largest absolute Gasteiger partial charge is 0.494 e. The van der Waals surface area contributed by atoms with Gasteiger partial charge in [0, 0.05) is 0 Å². The number of methoxy groups -OCH3 is 1. The van der Waals surface area contributed by atoms with E-state index < -0.39 is 0 Å². The van der Waals surface area contributed by atoms with Crippen molar-refractivity contribution in [3.63, 3.8) is 0 Å². The first-order valence-electron chi connectivity index (χ1n) is 9.92. The molecule has 1 fully saturated rings. The Labute approximate surface area is 208 Å². The highest BCUT2D eigenvalue weighted by atomic mass is 79.9. The van der Waals surface area contributed by atoms with Crippen molar-refractivity contribution in [2.75, 3.05) is 7.11 Å². The van der Waals surface area contributed by atoms with E-state index in [9.17, 15) is 4.79 Å². The van der Waals surface area contributed by atoms with Crippen LogP contribution in [0.15, 0.2) is 91.6 Å². The number of carbonyl (C=O) groups is 1. The number of hydrogen-bond donors (Lipinski definition) is 0. The summed E-state index contributed by atoms with van der Waals surface area (Å²) < 4.78 is 7.01. The maximum atomic E-state index is 13.5. The Morgan fingerprint density at radius 3 is 2.19 bits per heavy atom. The summed E-state index contributed by atoms with van der Waals surface area (Å²) in [5.74, 6) is 0.646. The van der Waals surface area contributed by atoms with E-state index in [0.29, 0.717) is 15.8 Å². The van der Waals surface area contributed by atoms with Crippen molar-refractivity contribution in [1.29, 1.82) is 0 Å². The summed E-state index contributed by atoms with van der Waals surface area (Å²) in [5.41, 5.74) is 2.75. The first-order chi connectivity index (χ1) is 15.5. The fourth-order valence-corrected chi connectivity index (χ4v) is 6.02. The lowest BCUT2D eigenvalue weighted by atomic mass is 10.1. The number of para-hydroxylation sites is 1. The third-order valence-electron chi connectivity index (χ3n) is 5.01. The van der Waals surface area contributed by atoms with Gasteiger partial charge in [0.15, 0.2) is 5.17 Å². The number of nitrogens with zero attached hydrogens (tertiary/aromatic N) is 2. The molecule has 1 saturated heterocycles. The summed E-state index contributed by atoms with van der Waals surface area (Å²) in [6, 6.07) is 23.4. The van der Waals surface area contributed by atoms with Crippen LogP contribution < -0.4 is 4.74 Å². The molecule has 4 nitrogen and oxygen atoms in total. The Bertz CT molecular complexity index is 1170. The van der Waals surface area contributed by atoms with Crippen molar-refractivity contribution in [2.45, 2.75) is 13.0 Å². The van der Waals surface area contributed by atoms with E-state index in [1.54, 1.807) is 12.0 Å². The normalized spacial score (nSPS) is 17.2. The average molecular weight is 572 g/mol. The molecule has 1 atom stereocenters. The van der Waals surface area contributed by atoms with Crippen LogP contribution in [0.4, 0.5) is 5.69 Å². The summed E-state index contributed by atoms with van der Waals surface area (Å²) in [7, 11) is 1.62. The maximum Gasteiger partial charge on any atom is 0.267 e. The van der Waals surface area contributed by atoms with Gasteiger partial charge in [-0.2, -0.15) is 0 Å². The number of amides is 1. The van der Waals surface area contributed by atoms with Crippen molar-refractivity contribution in [2.24, 2.45) is 4.99 Å². The lowest BCUT2D eigenvalue weighted by molar-refractivity contribution is -0.123. The fraction of sp³-hybridized carbons (Fsp3) is 0.120. The highest BCUT2D eigenvalue weighted by Gasteiger charge is 2.37. The van der Waals surface area contributed by atoms with Crippen LogP contribution in [0, 0.1) is 0 Å². The molecule has 0 aromatic heterocycles. The van der Waals surface area contributed by atoms with E-state index in [1.165, 1.54) is 11.8 Å². The number of rotatable bonds is 5. The molecule has 0 unspecified atom stereocenters. The number of thioether (sulfide) groups is 1. The highest BCUT2D eigenvalue weighted by molar-refractivity contribution is 9.11. The molecule has 162 valence electrons. The number of carbonyl (C=O) groups excluding carboxylic acids is 1. The quantitative estimate of drug-likeness (QED) is 0.296. The average Bonchev–Trinajstić information content (AvgIpc) is 3.08. The Morgan fingerprint density at radius 2 is 1.59 bits per heavy atom. The van der Waals surface area contributed by atoms with E-state index in [2.05, 4.69) is 31.9 Å². The van der Waals surface area contributed by atoms with Crippen LogP contribution in [-0.4, -0.2) is 23.1 Å². The molecule has 0 spiro atoms. The second kappa shape index (κ2) is 10.1. The molecule has 1 heterocycles. The van der Waals surface area contributed by atoms with Crippen LogP contribution >= 0.6 is 43.6 Å². The number of amidine groups is 1. The molecule has 0 N–H and O–H groups in total. The van der Waals surface area contributed by atoms with Gasteiger partial charge in [-0.25, -0.2) is 4.99 Å². The SMILES string of the molecule is COc1c(Br)cc(/C=C2/SC(=Nc3ccccc3)N([C@H](C)c3ccccc3)C2=O)cc1Br. The fourth-order valence-electron chi connectivity index (χ4n) is 3.41. The van der Waals surface area contributed by atoms with Gasteiger partial charge in [0.2, 0.25) is 0 Å². The zero-order chi connectivity index (χ0) is 22.7.